The maximum Gasteiger partial charge on any atom is 0.238 e. The number of amides is 2. The highest BCUT2D eigenvalue weighted by Crippen LogP contribution is 2.53. The second-order valence-corrected chi connectivity index (χ2v) is 8.01. The zero-order valence-electron chi connectivity index (χ0n) is 15.4. The maximum absolute atomic E-state index is 13.1. The van der Waals surface area contributed by atoms with Crippen molar-refractivity contribution < 1.29 is 9.59 Å². The number of para-hydroxylation sites is 1. The minimum absolute atomic E-state index is 0.0505. The van der Waals surface area contributed by atoms with Crippen LogP contribution in [0.5, 0.6) is 0 Å². The lowest BCUT2D eigenvalue weighted by atomic mass is 9.85. The molecule has 2 heterocycles. The van der Waals surface area contributed by atoms with Crippen molar-refractivity contribution in [2.75, 3.05) is 4.90 Å². The molecule has 0 N–H and O–H groups in total. The second kappa shape index (κ2) is 5.41. The first-order chi connectivity index (χ1) is 13.6. The molecular weight excluding hydrogens is 350 g/mol. The molecule has 2 bridgehead atoms. The molecule has 5 nitrogen and oxygen atoms in total. The zero-order chi connectivity index (χ0) is 19.0. The Labute approximate surface area is 162 Å². The average Bonchev–Trinajstić information content (AvgIpc) is 3.44. The van der Waals surface area contributed by atoms with E-state index in [-0.39, 0.29) is 35.5 Å². The summed E-state index contributed by atoms with van der Waals surface area (Å²) in [5.41, 5.74) is 3.43. The van der Waals surface area contributed by atoms with Crippen LogP contribution in [0, 0.1) is 30.6 Å². The third-order valence-electron chi connectivity index (χ3n) is 6.55. The van der Waals surface area contributed by atoms with Gasteiger partial charge in [0, 0.05) is 5.69 Å². The predicted octanol–water partition coefficient (Wildman–Crippen LogP) is 3.65. The predicted molar refractivity (Wildman–Crippen MR) is 106 cm³/mol. The Morgan fingerprint density at radius 2 is 1.57 bits per heavy atom. The molecule has 138 valence electrons. The minimum Gasteiger partial charge on any atom is -0.297 e. The summed E-state index contributed by atoms with van der Waals surface area (Å²) in [4.78, 5) is 32.2. The number of carbonyl (C=O) groups excluding carboxylic acids is 2. The van der Waals surface area contributed by atoms with Gasteiger partial charge in [-0.05, 0) is 55.5 Å². The van der Waals surface area contributed by atoms with Crippen LogP contribution in [0.4, 0.5) is 5.69 Å². The maximum atomic E-state index is 13.1. The van der Waals surface area contributed by atoms with E-state index in [1.165, 1.54) is 4.90 Å². The van der Waals surface area contributed by atoms with Crippen LogP contribution in [-0.2, 0) is 9.59 Å². The van der Waals surface area contributed by atoms with Crippen LogP contribution < -0.4 is 4.90 Å². The van der Waals surface area contributed by atoms with Gasteiger partial charge in [0.1, 0.15) is 5.82 Å². The van der Waals surface area contributed by atoms with E-state index in [9.17, 15) is 9.59 Å². The van der Waals surface area contributed by atoms with Crippen molar-refractivity contribution in [3.8, 4) is 5.69 Å². The highest BCUT2D eigenvalue weighted by atomic mass is 16.2. The number of hydrogen-bond acceptors (Lipinski definition) is 3. The molecule has 0 spiro atoms. The summed E-state index contributed by atoms with van der Waals surface area (Å²) in [5, 5.41) is 0. The van der Waals surface area contributed by atoms with Crippen LogP contribution in [-0.4, -0.2) is 21.4 Å². The monoisotopic (exact) mass is 369 g/mol. The van der Waals surface area contributed by atoms with Crippen molar-refractivity contribution in [1.29, 1.82) is 0 Å². The van der Waals surface area contributed by atoms with E-state index in [1.54, 1.807) is 0 Å². The summed E-state index contributed by atoms with van der Waals surface area (Å²) in [6, 6.07) is 15.8. The largest absolute Gasteiger partial charge is 0.297 e. The van der Waals surface area contributed by atoms with Gasteiger partial charge in [0.05, 0.1) is 28.6 Å². The molecule has 6 rings (SSSR count). The molecule has 2 aliphatic carbocycles. The van der Waals surface area contributed by atoms with Crippen molar-refractivity contribution in [1.82, 2.24) is 9.55 Å². The van der Waals surface area contributed by atoms with Crippen LogP contribution in [0.25, 0.3) is 16.7 Å². The lowest BCUT2D eigenvalue weighted by Gasteiger charge is -2.17. The number of aryl methyl sites for hydroxylation is 1. The number of nitrogens with zero attached hydrogens (tertiary/aromatic N) is 3. The number of allylic oxidation sites excluding steroid dienone is 2. The van der Waals surface area contributed by atoms with Gasteiger partial charge in [-0.25, -0.2) is 9.88 Å². The van der Waals surface area contributed by atoms with Gasteiger partial charge in [-0.15, -0.1) is 0 Å². The Balaban J connectivity index is 1.44. The first kappa shape index (κ1) is 15.8. The van der Waals surface area contributed by atoms with Crippen molar-refractivity contribution in [2.24, 2.45) is 23.7 Å². The summed E-state index contributed by atoms with van der Waals surface area (Å²) in [6.45, 7) is 1.96. The minimum atomic E-state index is -0.179. The molecule has 2 fully saturated rings. The molecule has 28 heavy (non-hydrogen) atoms. The highest BCUT2D eigenvalue weighted by Gasteiger charge is 2.59. The Morgan fingerprint density at radius 3 is 2.25 bits per heavy atom. The third kappa shape index (κ3) is 1.93. The molecule has 1 saturated carbocycles. The standard InChI is InChI=1S/C23H19N3O2/c1-13-24-18-12-17(9-10-19(18)25(13)16-5-3-2-4-6-16)26-22(27)20-14-7-8-15(11-14)21(20)23(26)28/h2-10,12,14-15,20-21H,11H2,1H3. The number of carbonyl (C=O) groups is 2. The van der Waals surface area contributed by atoms with E-state index in [0.29, 0.717) is 5.69 Å². The summed E-state index contributed by atoms with van der Waals surface area (Å²) in [6.07, 6.45) is 5.18. The second-order valence-electron chi connectivity index (χ2n) is 8.01. The zero-order valence-corrected chi connectivity index (χ0v) is 15.4. The molecule has 1 aliphatic heterocycles. The van der Waals surface area contributed by atoms with Gasteiger partial charge in [0.15, 0.2) is 0 Å². The van der Waals surface area contributed by atoms with Gasteiger partial charge >= 0.3 is 0 Å². The summed E-state index contributed by atoms with van der Waals surface area (Å²) in [7, 11) is 0. The lowest BCUT2D eigenvalue weighted by molar-refractivity contribution is -0.123. The SMILES string of the molecule is Cc1nc2cc(N3C(=O)C4C5C=CC(C5)C4C3=O)ccc2n1-c1ccccc1. The quantitative estimate of drug-likeness (QED) is 0.512. The first-order valence-corrected chi connectivity index (χ1v) is 9.74. The van der Waals surface area contributed by atoms with Crippen molar-refractivity contribution in [2.45, 2.75) is 13.3 Å². The molecule has 3 aliphatic rings. The molecule has 3 aromatic rings. The smallest absolute Gasteiger partial charge is 0.238 e. The number of hydrogen-bond donors (Lipinski definition) is 0. The number of rotatable bonds is 2. The molecule has 4 unspecified atom stereocenters. The van der Waals surface area contributed by atoms with Crippen molar-refractivity contribution in [3.63, 3.8) is 0 Å². The van der Waals surface area contributed by atoms with Crippen molar-refractivity contribution >= 4 is 28.5 Å². The summed E-state index contributed by atoms with van der Waals surface area (Å²) < 4.78 is 2.09. The number of imidazole rings is 1. The number of imide groups is 1. The molecular formula is C23H19N3O2. The third-order valence-corrected chi connectivity index (χ3v) is 6.55. The number of benzene rings is 2. The molecule has 1 aromatic heterocycles. The normalized spacial score (nSPS) is 28.0. The summed E-state index contributed by atoms with van der Waals surface area (Å²) >= 11 is 0. The number of aromatic nitrogens is 2. The fourth-order valence-electron chi connectivity index (χ4n) is 5.39. The lowest BCUT2D eigenvalue weighted by Crippen LogP contribution is -2.32. The number of fused-ring (bicyclic) bond motifs is 6. The van der Waals surface area contributed by atoms with Crippen LogP contribution in [0.2, 0.25) is 0 Å². The van der Waals surface area contributed by atoms with Gasteiger partial charge in [0.2, 0.25) is 11.8 Å². The highest BCUT2D eigenvalue weighted by molar-refractivity contribution is 6.23. The van der Waals surface area contributed by atoms with E-state index < -0.39 is 0 Å². The van der Waals surface area contributed by atoms with Gasteiger partial charge in [-0.2, -0.15) is 0 Å². The molecule has 4 atom stereocenters. The van der Waals surface area contributed by atoms with E-state index in [1.807, 2.05) is 55.5 Å². The molecule has 5 heteroatoms. The topological polar surface area (TPSA) is 55.2 Å². The molecule has 2 amide bonds. The van der Waals surface area contributed by atoms with Crippen LogP contribution in [0.1, 0.15) is 12.2 Å². The van der Waals surface area contributed by atoms with Gasteiger partial charge in [-0.1, -0.05) is 30.4 Å². The van der Waals surface area contributed by atoms with Crippen molar-refractivity contribution in [3.05, 3.63) is 66.5 Å². The van der Waals surface area contributed by atoms with Crippen LogP contribution >= 0.6 is 0 Å². The van der Waals surface area contributed by atoms with Gasteiger partial charge in [0.25, 0.3) is 0 Å². The fraction of sp³-hybridized carbons (Fsp3) is 0.261. The van der Waals surface area contributed by atoms with Crippen LogP contribution in [0.15, 0.2) is 60.7 Å². The van der Waals surface area contributed by atoms with E-state index in [2.05, 4.69) is 21.7 Å². The van der Waals surface area contributed by atoms with Gasteiger partial charge in [-0.3, -0.25) is 14.2 Å². The number of anilines is 1. The Kier molecular flexibility index (Phi) is 3.05. The molecule has 1 saturated heterocycles. The molecule has 0 radical (unpaired) electrons. The first-order valence-electron chi connectivity index (χ1n) is 9.74. The van der Waals surface area contributed by atoms with Gasteiger partial charge < -0.3 is 0 Å². The van der Waals surface area contributed by atoms with E-state index in [4.69, 9.17) is 0 Å². The Bertz CT molecular complexity index is 1150. The average molecular weight is 369 g/mol. The van der Waals surface area contributed by atoms with E-state index in [0.717, 1.165) is 29.0 Å². The van der Waals surface area contributed by atoms with E-state index >= 15 is 0 Å². The Morgan fingerprint density at radius 1 is 0.893 bits per heavy atom. The van der Waals surface area contributed by atoms with Crippen LogP contribution in [0.3, 0.4) is 0 Å². The molecule has 2 aromatic carbocycles. The Hall–Kier alpha value is -3.21. The summed E-state index contributed by atoms with van der Waals surface area (Å²) in [5.74, 6) is 0.857. The fourth-order valence-corrected chi connectivity index (χ4v) is 5.39.